The normalized spacial score (nSPS) is 13.1. The molecule has 1 unspecified atom stereocenters. The summed E-state index contributed by atoms with van der Waals surface area (Å²) in [7, 11) is 1.98. The Morgan fingerprint density at radius 2 is 1.39 bits per heavy atom. The third-order valence-corrected chi connectivity index (χ3v) is 5.08. The summed E-state index contributed by atoms with van der Waals surface area (Å²) in [5.41, 5.74) is 3.09. The molecular formula is C24H26FN2O+. The lowest BCUT2D eigenvalue weighted by molar-refractivity contribution is -0.908. The first-order valence-electron chi connectivity index (χ1n) is 9.51. The van der Waals surface area contributed by atoms with E-state index in [0.29, 0.717) is 6.54 Å². The van der Waals surface area contributed by atoms with Crippen LogP contribution in [0.3, 0.4) is 0 Å². The van der Waals surface area contributed by atoms with Crippen LogP contribution >= 0.6 is 0 Å². The lowest BCUT2D eigenvalue weighted by Crippen LogP contribution is -3.12. The van der Waals surface area contributed by atoms with Crippen LogP contribution in [0.25, 0.3) is 0 Å². The lowest BCUT2D eigenvalue weighted by atomic mass is 9.98. The van der Waals surface area contributed by atoms with Gasteiger partial charge in [-0.15, -0.1) is 0 Å². The highest BCUT2D eigenvalue weighted by molar-refractivity contribution is 5.80. The first kappa shape index (κ1) is 19.8. The minimum atomic E-state index is -0.250. The largest absolute Gasteiger partial charge is 0.340 e. The maximum Gasteiger partial charge on any atom is 0.278 e. The molecule has 3 aromatic carbocycles. The fourth-order valence-corrected chi connectivity index (χ4v) is 3.22. The average Bonchev–Trinajstić information content (AvgIpc) is 2.74. The van der Waals surface area contributed by atoms with Crippen LogP contribution in [0, 0.1) is 5.82 Å². The maximum absolute atomic E-state index is 13.1. The van der Waals surface area contributed by atoms with Crippen molar-refractivity contribution in [1.82, 2.24) is 5.32 Å². The van der Waals surface area contributed by atoms with Crippen LogP contribution in [-0.2, 0) is 11.3 Å². The number of rotatable bonds is 7. The Balaban J connectivity index is 1.73. The Kier molecular flexibility index (Phi) is 6.56. The van der Waals surface area contributed by atoms with Crippen LogP contribution in [0.4, 0.5) is 4.39 Å². The van der Waals surface area contributed by atoms with Crippen LogP contribution in [-0.4, -0.2) is 19.0 Å². The molecule has 2 atom stereocenters. The second kappa shape index (κ2) is 9.29. The molecular weight excluding hydrogens is 351 g/mol. The lowest BCUT2D eigenvalue weighted by Gasteiger charge is -2.25. The molecule has 28 heavy (non-hydrogen) atoms. The van der Waals surface area contributed by atoms with Crippen LogP contribution in [0.2, 0.25) is 0 Å². The molecule has 0 aliphatic heterocycles. The molecule has 3 nitrogen and oxygen atoms in total. The third kappa shape index (κ3) is 5.05. The smallest absolute Gasteiger partial charge is 0.278 e. The van der Waals surface area contributed by atoms with Gasteiger partial charge < -0.3 is 10.2 Å². The number of amides is 1. The highest BCUT2D eigenvalue weighted by Crippen LogP contribution is 2.21. The molecule has 3 aromatic rings. The number of carbonyl (C=O) groups excluding carboxylic acids is 1. The standard InChI is InChI=1S/C24H25FN2O/c1-18(27(2)17-19-13-15-22(25)16-14-19)24(28)26-23(20-9-5-3-6-10-20)21-11-7-4-8-12-21/h3-16,18,23H,17H2,1-2H3,(H,26,28)/p+1/t18-/m0/s1. The van der Waals surface area contributed by atoms with Crippen LogP contribution in [0.5, 0.6) is 0 Å². The Bertz CT molecular complexity index is 842. The molecule has 0 fully saturated rings. The van der Waals surface area contributed by atoms with Gasteiger partial charge in [-0.2, -0.15) is 0 Å². The van der Waals surface area contributed by atoms with E-state index in [0.717, 1.165) is 21.6 Å². The topological polar surface area (TPSA) is 33.5 Å². The summed E-state index contributed by atoms with van der Waals surface area (Å²) in [5, 5.41) is 3.21. The number of benzene rings is 3. The predicted molar refractivity (Wildman–Crippen MR) is 109 cm³/mol. The first-order valence-corrected chi connectivity index (χ1v) is 9.51. The fourth-order valence-electron chi connectivity index (χ4n) is 3.22. The summed E-state index contributed by atoms with van der Waals surface area (Å²) >= 11 is 0. The van der Waals surface area contributed by atoms with Gasteiger partial charge in [-0.1, -0.05) is 72.8 Å². The molecule has 0 aliphatic carbocycles. The van der Waals surface area contributed by atoms with Gasteiger partial charge in [0.25, 0.3) is 5.91 Å². The highest BCUT2D eigenvalue weighted by Gasteiger charge is 2.25. The van der Waals surface area contributed by atoms with Crippen molar-refractivity contribution < 1.29 is 14.1 Å². The van der Waals surface area contributed by atoms with E-state index in [1.807, 2.05) is 74.6 Å². The zero-order valence-electron chi connectivity index (χ0n) is 16.2. The van der Waals surface area contributed by atoms with Crippen molar-refractivity contribution in [2.45, 2.75) is 25.6 Å². The van der Waals surface area contributed by atoms with Crippen LogP contribution in [0.1, 0.15) is 29.7 Å². The van der Waals surface area contributed by atoms with Gasteiger partial charge in [0.05, 0.1) is 13.1 Å². The summed E-state index contributed by atoms with van der Waals surface area (Å²) in [6.07, 6.45) is 0. The number of hydrogen-bond acceptors (Lipinski definition) is 1. The molecule has 3 rings (SSSR count). The summed E-state index contributed by atoms with van der Waals surface area (Å²) in [6.45, 7) is 2.57. The van der Waals surface area contributed by atoms with Crippen molar-refractivity contribution in [3.05, 3.63) is 107 Å². The molecule has 2 N–H and O–H groups in total. The quantitative estimate of drug-likeness (QED) is 0.652. The van der Waals surface area contributed by atoms with Gasteiger partial charge in [-0.25, -0.2) is 4.39 Å². The van der Waals surface area contributed by atoms with Crippen LogP contribution < -0.4 is 10.2 Å². The van der Waals surface area contributed by atoms with E-state index in [1.54, 1.807) is 12.1 Å². The van der Waals surface area contributed by atoms with E-state index >= 15 is 0 Å². The van der Waals surface area contributed by atoms with Gasteiger partial charge in [-0.3, -0.25) is 4.79 Å². The van der Waals surface area contributed by atoms with Crippen molar-refractivity contribution in [2.75, 3.05) is 7.05 Å². The Morgan fingerprint density at radius 3 is 1.89 bits per heavy atom. The molecule has 144 valence electrons. The summed E-state index contributed by atoms with van der Waals surface area (Å²) < 4.78 is 13.1. The predicted octanol–water partition coefficient (Wildman–Crippen LogP) is 3.13. The number of carbonyl (C=O) groups is 1. The van der Waals surface area contributed by atoms with Gasteiger partial charge in [0.15, 0.2) is 6.04 Å². The molecule has 4 heteroatoms. The number of likely N-dealkylation sites (N-methyl/N-ethyl adjacent to an activating group) is 1. The molecule has 0 spiro atoms. The second-order valence-corrected chi connectivity index (χ2v) is 7.13. The van der Waals surface area contributed by atoms with Crippen molar-refractivity contribution >= 4 is 5.91 Å². The number of nitrogens with one attached hydrogen (secondary N) is 2. The van der Waals surface area contributed by atoms with Crippen molar-refractivity contribution in [3.8, 4) is 0 Å². The molecule has 0 heterocycles. The SMILES string of the molecule is C[C@@H](C(=O)NC(c1ccccc1)c1ccccc1)[NH+](C)Cc1ccc(F)cc1. The monoisotopic (exact) mass is 377 g/mol. The minimum absolute atomic E-state index is 0.0164. The van der Waals surface area contributed by atoms with E-state index in [-0.39, 0.29) is 23.8 Å². The van der Waals surface area contributed by atoms with Crippen molar-refractivity contribution in [1.29, 1.82) is 0 Å². The highest BCUT2D eigenvalue weighted by atomic mass is 19.1. The fraction of sp³-hybridized carbons (Fsp3) is 0.208. The first-order chi connectivity index (χ1) is 13.5. The Morgan fingerprint density at radius 1 is 0.893 bits per heavy atom. The van der Waals surface area contributed by atoms with Gasteiger partial charge >= 0.3 is 0 Å². The number of halogens is 1. The Hall–Kier alpha value is -2.98. The van der Waals surface area contributed by atoms with Gasteiger partial charge in [0.1, 0.15) is 12.4 Å². The van der Waals surface area contributed by atoms with E-state index < -0.39 is 0 Å². The van der Waals surface area contributed by atoms with Gasteiger partial charge in [0, 0.05) is 5.56 Å². The molecule has 0 saturated carbocycles. The molecule has 0 bridgehead atoms. The number of quaternary nitrogens is 1. The maximum atomic E-state index is 13.1. The van der Waals surface area contributed by atoms with E-state index in [4.69, 9.17) is 0 Å². The molecule has 0 saturated heterocycles. The van der Waals surface area contributed by atoms with Crippen molar-refractivity contribution in [3.63, 3.8) is 0 Å². The van der Waals surface area contributed by atoms with E-state index in [1.165, 1.54) is 12.1 Å². The zero-order valence-corrected chi connectivity index (χ0v) is 16.2. The Labute approximate surface area is 165 Å². The minimum Gasteiger partial charge on any atom is -0.340 e. The number of hydrogen-bond donors (Lipinski definition) is 2. The second-order valence-electron chi connectivity index (χ2n) is 7.13. The summed E-state index contributed by atoms with van der Waals surface area (Å²) in [6, 6.07) is 25.9. The van der Waals surface area contributed by atoms with Crippen LogP contribution in [0.15, 0.2) is 84.9 Å². The zero-order chi connectivity index (χ0) is 19.9. The molecule has 0 radical (unpaired) electrons. The van der Waals surface area contributed by atoms with E-state index in [2.05, 4.69) is 5.32 Å². The van der Waals surface area contributed by atoms with Crippen molar-refractivity contribution in [2.24, 2.45) is 0 Å². The van der Waals surface area contributed by atoms with Gasteiger partial charge in [-0.05, 0) is 30.2 Å². The summed E-state index contributed by atoms with van der Waals surface area (Å²) in [4.78, 5) is 14.0. The molecule has 0 aromatic heterocycles. The molecule has 0 aliphatic rings. The third-order valence-electron chi connectivity index (χ3n) is 5.08. The van der Waals surface area contributed by atoms with Gasteiger partial charge in [0.2, 0.25) is 0 Å². The van der Waals surface area contributed by atoms with E-state index in [9.17, 15) is 9.18 Å². The average molecular weight is 377 g/mol. The summed E-state index contributed by atoms with van der Waals surface area (Å²) in [5.74, 6) is -0.266. The molecule has 1 amide bonds.